The lowest BCUT2D eigenvalue weighted by atomic mass is 9.82. The first-order chi connectivity index (χ1) is 8.75. The molecule has 108 valence electrons. The first-order valence-corrected chi connectivity index (χ1v) is 7.55. The van der Waals surface area contributed by atoms with Crippen molar-refractivity contribution in [2.75, 3.05) is 6.61 Å². The zero-order valence-electron chi connectivity index (χ0n) is 12.6. The van der Waals surface area contributed by atoms with Gasteiger partial charge in [-0.3, -0.25) is 4.79 Å². The molecule has 1 aromatic rings. The number of nitrogens with two attached hydrogens (primary N) is 1. The van der Waals surface area contributed by atoms with Crippen LogP contribution in [-0.2, 0) is 9.53 Å². The smallest absolute Gasteiger partial charge is 0.306 e. The second-order valence-electron chi connectivity index (χ2n) is 5.86. The van der Waals surface area contributed by atoms with E-state index in [9.17, 15) is 4.79 Å². The summed E-state index contributed by atoms with van der Waals surface area (Å²) in [6.45, 7) is 10.6. The van der Waals surface area contributed by atoms with E-state index in [0.29, 0.717) is 13.0 Å². The lowest BCUT2D eigenvalue weighted by molar-refractivity contribution is -0.145. The van der Waals surface area contributed by atoms with Crippen LogP contribution in [0.25, 0.3) is 0 Å². The maximum absolute atomic E-state index is 11.6. The van der Waals surface area contributed by atoms with E-state index >= 15 is 0 Å². The minimum atomic E-state index is -0.143. The van der Waals surface area contributed by atoms with Gasteiger partial charge in [-0.1, -0.05) is 13.8 Å². The second kappa shape index (κ2) is 6.53. The average Bonchev–Trinajstić information content (AvgIpc) is 2.56. The highest BCUT2D eigenvalue weighted by molar-refractivity contribution is 7.12. The molecule has 0 saturated carbocycles. The molecule has 1 rings (SSSR count). The van der Waals surface area contributed by atoms with Crippen molar-refractivity contribution < 1.29 is 9.53 Å². The maximum Gasteiger partial charge on any atom is 0.306 e. The highest BCUT2D eigenvalue weighted by Crippen LogP contribution is 2.36. The van der Waals surface area contributed by atoms with E-state index in [1.54, 1.807) is 11.3 Å². The van der Waals surface area contributed by atoms with Crippen molar-refractivity contribution >= 4 is 17.3 Å². The topological polar surface area (TPSA) is 52.3 Å². The van der Waals surface area contributed by atoms with E-state index in [4.69, 9.17) is 10.5 Å². The Labute approximate surface area is 120 Å². The fourth-order valence-corrected chi connectivity index (χ4v) is 3.43. The molecule has 0 aliphatic rings. The molecule has 0 saturated heterocycles. The normalized spacial score (nSPS) is 13.4. The third kappa shape index (κ3) is 4.96. The Hall–Kier alpha value is -0.870. The van der Waals surface area contributed by atoms with Crippen molar-refractivity contribution in [1.29, 1.82) is 0 Å². The summed E-state index contributed by atoms with van der Waals surface area (Å²) in [5, 5.41) is 0. The third-order valence-electron chi connectivity index (χ3n) is 3.12. The second-order valence-corrected chi connectivity index (χ2v) is 7.15. The molecule has 0 bridgehead atoms. The molecule has 0 spiro atoms. The van der Waals surface area contributed by atoms with E-state index in [2.05, 4.69) is 33.8 Å². The van der Waals surface area contributed by atoms with E-state index in [1.807, 2.05) is 6.92 Å². The summed E-state index contributed by atoms with van der Waals surface area (Å²) in [5.41, 5.74) is 7.41. The molecule has 0 aromatic carbocycles. The van der Waals surface area contributed by atoms with Gasteiger partial charge in [0.1, 0.15) is 0 Å². The third-order valence-corrected chi connectivity index (χ3v) is 4.40. The van der Waals surface area contributed by atoms with Crippen LogP contribution in [0.4, 0.5) is 0 Å². The highest BCUT2D eigenvalue weighted by atomic mass is 32.1. The van der Waals surface area contributed by atoms with E-state index < -0.39 is 0 Å². The summed E-state index contributed by atoms with van der Waals surface area (Å²) in [4.78, 5) is 14.1. The Bertz CT molecular complexity index is 437. The van der Waals surface area contributed by atoms with E-state index in [-0.39, 0.29) is 17.4 Å². The monoisotopic (exact) mass is 283 g/mol. The van der Waals surface area contributed by atoms with Crippen LogP contribution in [0.15, 0.2) is 6.07 Å². The number of hydrogen-bond acceptors (Lipinski definition) is 4. The molecular formula is C15H25NO2S. The summed E-state index contributed by atoms with van der Waals surface area (Å²) < 4.78 is 5.02. The number of hydrogen-bond donors (Lipinski definition) is 1. The molecule has 19 heavy (non-hydrogen) atoms. The van der Waals surface area contributed by atoms with Gasteiger partial charge in [-0.15, -0.1) is 11.3 Å². The van der Waals surface area contributed by atoms with Crippen LogP contribution in [-0.4, -0.2) is 12.6 Å². The van der Waals surface area contributed by atoms with Gasteiger partial charge in [0, 0.05) is 15.8 Å². The first-order valence-electron chi connectivity index (χ1n) is 6.73. The quantitative estimate of drug-likeness (QED) is 0.809. The van der Waals surface area contributed by atoms with Gasteiger partial charge in [-0.2, -0.15) is 0 Å². The van der Waals surface area contributed by atoms with Gasteiger partial charge in [0.2, 0.25) is 0 Å². The Morgan fingerprint density at radius 2 is 2.11 bits per heavy atom. The Kier molecular flexibility index (Phi) is 5.56. The number of carbonyl (C=O) groups is 1. The van der Waals surface area contributed by atoms with Crippen molar-refractivity contribution in [3.05, 3.63) is 21.4 Å². The van der Waals surface area contributed by atoms with Crippen LogP contribution in [0, 0.1) is 19.3 Å². The number of esters is 1. The van der Waals surface area contributed by atoms with Gasteiger partial charge in [0.25, 0.3) is 0 Å². The molecule has 0 amide bonds. The van der Waals surface area contributed by atoms with E-state index in [0.717, 1.165) is 6.42 Å². The minimum absolute atomic E-state index is 0.0110. The molecule has 1 atom stereocenters. The Balaban J connectivity index is 2.67. The molecule has 1 unspecified atom stereocenters. The van der Waals surface area contributed by atoms with Gasteiger partial charge < -0.3 is 10.5 Å². The molecule has 1 heterocycles. The summed E-state index contributed by atoms with van der Waals surface area (Å²) in [6, 6.07) is 2.15. The van der Waals surface area contributed by atoms with Crippen LogP contribution >= 0.6 is 11.3 Å². The molecule has 4 heteroatoms. The predicted molar refractivity (Wildman–Crippen MR) is 80.4 cm³/mol. The van der Waals surface area contributed by atoms with Crippen molar-refractivity contribution in [3.8, 4) is 0 Å². The fraction of sp³-hybridized carbons (Fsp3) is 0.667. The van der Waals surface area contributed by atoms with Gasteiger partial charge in [0.05, 0.1) is 13.0 Å². The Morgan fingerprint density at radius 1 is 1.47 bits per heavy atom. The van der Waals surface area contributed by atoms with Crippen molar-refractivity contribution in [3.63, 3.8) is 0 Å². The molecule has 0 aliphatic carbocycles. The van der Waals surface area contributed by atoms with Crippen LogP contribution in [0.1, 0.15) is 55.0 Å². The molecule has 3 nitrogen and oxygen atoms in total. The van der Waals surface area contributed by atoms with Crippen LogP contribution in [0.2, 0.25) is 0 Å². The number of thiophene rings is 1. The first kappa shape index (κ1) is 16.2. The zero-order valence-corrected chi connectivity index (χ0v) is 13.4. The van der Waals surface area contributed by atoms with Crippen LogP contribution in [0.5, 0.6) is 0 Å². The fourth-order valence-electron chi connectivity index (χ4n) is 2.39. The highest BCUT2D eigenvalue weighted by Gasteiger charge is 2.27. The summed E-state index contributed by atoms with van der Waals surface area (Å²) in [7, 11) is 0. The van der Waals surface area contributed by atoms with Crippen molar-refractivity contribution in [2.45, 2.75) is 53.5 Å². The largest absolute Gasteiger partial charge is 0.466 e. The van der Waals surface area contributed by atoms with Gasteiger partial charge in [-0.25, -0.2) is 0 Å². The molecule has 0 aliphatic heterocycles. The average molecular weight is 283 g/mol. The van der Waals surface area contributed by atoms with Crippen LogP contribution < -0.4 is 5.73 Å². The lowest BCUT2D eigenvalue weighted by Gasteiger charge is -2.27. The lowest BCUT2D eigenvalue weighted by Crippen LogP contribution is -2.24. The maximum atomic E-state index is 11.6. The standard InChI is InChI=1S/C15H25NO2S/c1-6-18-13(17)9-15(4,5)8-12(16)14-10(2)7-11(3)19-14/h7,12H,6,8-9,16H2,1-5H3. The van der Waals surface area contributed by atoms with Crippen molar-refractivity contribution in [2.24, 2.45) is 11.1 Å². The number of aryl methyl sites for hydroxylation is 2. The van der Waals surface area contributed by atoms with E-state index in [1.165, 1.54) is 15.3 Å². The number of rotatable bonds is 6. The zero-order chi connectivity index (χ0) is 14.6. The minimum Gasteiger partial charge on any atom is -0.466 e. The SMILES string of the molecule is CCOC(=O)CC(C)(C)CC(N)c1sc(C)cc1C. The predicted octanol–water partition coefficient (Wildman–Crippen LogP) is 3.73. The van der Waals surface area contributed by atoms with Gasteiger partial charge in [0.15, 0.2) is 0 Å². The summed E-state index contributed by atoms with van der Waals surface area (Å²) >= 11 is 1.75. The van der Waals surface area contributed by atoms with Gasteiger partial charge in [-0.05, 0) is 44.2 Å². The molecule has 1 aromatic heterocycles. The van der Waals surface area contributed by atoms with Crippen LogP contribution in [0.3, 0.4) is 0 Å². The molecule has 0 radical (unpaired) electrons. The number of ether oxygens (including phenoxy) is 1. The molecular weight excluding hydrogens is 258 g/mol. The number of carbonyl (C=O) groups excluding carboxylic acids is 1. The summed E-state index contributed by atoms with van der Waals surface area (Å²) in [6.07, 6.45) is 1.20. The van der Waals surface area contributed by atoms with Gasteiger partial charge >= 0.3 is 5.97 Å². The molecule has 2 N–H and O–H groups in total. The van der Waals surface area contributed by atoms with Crippen molar-refractivity contribution in [1.82, 2.24) is 0 Å². The molecule has 0 fully saturated rings. The summed E-state index contributed by atoms with van der Waals surface area (Å²) in [5.74, 6) is -0.140. The Morgan fingerprint density at radius 3 is 2.58 bits per heavy atom.